The first-order valence-electron chi connectivity index (χ1n) is 6.88. The van der Waals surface area contributed by atoms with Gasteiger partial charge in [0.1, 0.15) is 0 Å². The van der Waals surface area contributed by atoms with Gasteiger partial charge < -0.3 is 5.32 Å². The van der Waals surface area contributed by atoms with E-state index in [9.17, 15) is 4.79 Å². The molecule has 0 saturated carbocycles. The van der Waals surface area contributed by atoms with E-state index in [1.807, 2.05) is 25.1 Å². The predicted octanol–water partition coefficient (Wildman–Crippen LogP) is 3.05. The molecule has 0 fully saturated rings. The van der Waals surface area contributed by atoms with Gasteiger partial charge in [-0.25, -0.2) is 4.98 Å². The Bertz CT molecular complexity index is 544. The summed E-state index contributed by atoms with van der Waals surface area (Å²) in [6, 6.07) is 10.1. The van der Waals surface area contributed by atoms with Crippen molar-refractivity contribution in [2.24, 2.45) is 0 Å². The number of hydrogen-bond donors (Lipinski definition) is 1. The number of hydrogen-bond acceptors (Lipinski definition) is 3. The van der Waals surface area contributed by atoms with Gasteiger partial charge in [-0.3, -0.25) is 4.79 Å². The van der Waals surface area contributed by atoms with Gasteiger partial charge in [-0.1, -0.05) is 30.3 Å². The number of benzene rings is 1. The summed E-state index contributed by atoms with van der Waals surface area (Å²) in [7, 11) is 0. The van der Waals surface area contributed by atoms with Crippen LogP contribution in [0.2, 0.25) is 0 Å². The normalized spacial score (nSPS) is 10.5. The van der Waals surface area contributed by atoms with Crippen molar-refractivity contribution >= 4 is 17.2 Å². The minimum absolute atomic E-state index is 0.110. The van der Waals surface area contributed by atoms with Crippen molar-refractivity contribution < 1.29 is 4.79 Å². The molecular formula is C16H20N2OS. The molecule has 3 nitrogen and oxygen atoms in total. The molecule has 0 aliphatic heterocycles. The van der Waals surface area contributed by atoms with Crippen LogP contribution >= 0.6 is 11.3 Å². The fourth-order valence-electron chi connectivity index (χ4n) is 1.95. The highest BCUT2D eigenvalue weighted by Gasteiger charge is 2.05. The predicted molar refractivity (Wildman–Crippen MR) is 83.1 cm³/mol. The van der Waals surface area contributed by atoms with Gasteiger partial charge in [-0.15, -0.1) is 11.3 Å². The first-order valence-corrected chi connectivity index (χ1v) is 7.70. The second kappa shape index (κ2) is 7.20. The number of nitrogens with one attached hydrogen (secondary N) is 1. The van der Waals surface area contributed by atoms with E-state index in [2.05, 4.69) is 29.4 Å². The fraction of sp³-hybridized carbons (Fsp3) is 0.375. The molecule has 0 spiro atoms. The Morgan fingerprint density at radius 3 is 2.60 bits per heavy atom. The zero-order valence-electron chi connectivity index (χ0n) is 12.0. The Kier molecular flexibility index (Phi) is 5.30. The zero-order valence-corrected chi connectivity index (χ0v) is 12.8. The molecule has 0 bridgehead atoms. The molecular weight excluding hydrogens is 268 g/mol. The van der Waals surface area contributed by atoms with Gasteiger partial charge in [-0.2, -0.15) is 0 Å². The van der Waals surface area contributed by atoms with Crippen molar-refractivity contribution in [3.63, 3.8) is 0 Å². The third kappa shape index (κ3) is 4.46. The van der Waals surface area contributed by atoms with E-state index in [-0.39, 0.29) is 5.91 Å². The van der Waals surface area contributed by atoms with Crippen molar-refractivity contribution in [1.29, 1.82) is 0 Å². The molecule has 1 amide bonds. The van der Waals surface area contributed by atoms with Crippen LogP contribution in [0.5, 0.6) is 0 Å². The van der Waals surface area contributed by atoms with Crippen LogP contribution in [-0.2, 0) is 17.6 Å². The van der Waals surface area contributed by atoms with E-state index in [0.717, 1.165) is 23.5 Å². The van der Waals surface area contributed by atoms with E-state index in [1.165, 1.54) is 10.4 Å². The molecule has 0 unspecified atom stereocenters. The summed E-state index contributed by atoms with van der Waals surface area (Å²) in [6.07, 6.45) is 2.15. The van der Waals surface area contributed by atoms with E-state index in [1.54, 1.807) is 11.3 Å². The number of carbonyl (C=O) groups excluding carboxylic acids is 1. The van der Waals surface area contributed by atoms with Gasteiger partial charge in [-0.05, 0) is 25.8 Å². The minimum Gasteiger partial charge on any atom is -0.356 e. The second-order valence-corrected chi connectivity index (χ2v) is 6.12. The largest absolute Gasteiger partial charge is 0.356 e. The Morgan fingerprint density at radius 1 is 1.20 bits per heavy atom. The van der Waals surface area contributed by atoms with Crippen LogP contribution in [0.15, 0.2) is 30.3 Å². The van der Waals surface area contributed by atoms with Crippen LogP contribution in [0.4, 0.5) is 0 Å². The minimum atomic E-state index is 0.110. The SMILES string of the molecule is Cc1nc(CCNC(=O)CCc2ccccc2)sc1C. The number of aryl methyl sites for hydroxylation is 3. The fourth-order valence-corrected chi connectivity index (χ4v) is 2.88. The third-order valence-corrected chi connectivity index (χ3v) is 4.35. The Labute approximate surface area is 124 Å². The molecule has 20 heavy (non-hydrogen) atoms. The molecule has 0 aliphatic carbocycles. The zero-order chi connectivity index (χ0) is 14.4. The van der Waals surface area contributed by atoms with Gasteiger partial charge in [0.2, 0.25) is 5.91 Å². The molecule has 106 valence electrons. The lowest BCUT2D eigenvalue weighted by Crippen LogP contribution is -2.25. The highest BCUT2D eigenvalue weighted by Crippen LogP contribution is 2.16. The van der Waals surface area contributed by atoms with Gasteiger partial charge in [0, 0.05) is 24.3 Å². The molecule has 4 heteroatoms. The average molecular weight is 288 g/mol. The summed E-state index contributed by atoms with van der Waals surface area (Å²) in [6.45, 7) is 4.77. The average Bonchev–Trinajstić information content (AvgIpc) is 2.76. The number of rotatable bonds is 6. The molecule has 1 aromatic carbocycles. The number of amides is 1. The lowest BCUT2D eigenvalue weighted by atomic mass is 10.1. The first kappa shape index (κ1) is 14.7. The monoisotopic (exact) mass is 288 g/mol. The topological polar surface area (TPSA) is 42.0 Å². The molecule has 0 saturated heterocycles. The highest BCUT2D eigenvalue weighted by molar-refractivity contribution is 7.11. The van der Waals surface area contributed by atoms with Crippen molar-refractivity contribution in [1.82, 2.24) is 10.3 Å². The molecule has 2 aromatic rings. The molecule has 0 atom stereocenters. The van der Waals surface area contributed by atoms with Gasteiger partial charge in [0.05, 0.1) is 10.7 Å². The van der Waals surface area contributed by atoms with E-state index < -0.39 is 0 Å². The summed E-state index contributed by atoms with van der Waals surface area (Å²) >= 11 is 1.71. The third-order valence-electron chi connectivity index (χ3n) is 3.22. The maximum atomic E-state index is 11.8. The highest BCUT2D eigenvalue weighted by atomic mass is 32.1. The van der Waals surface area contributed by atoms with Crippen LogP contribution in [-0.4, -0.2) is 17.4 Å². The van der Waals surface area contributed by atoms with Gasteiger partial charge >= 0.3 is 0 Å². The molecule has 1 N–H and O–H groups in total. The molecule has 1 aromatic heterocycles. The lowest BCUT2D eigenvalue weighted by molar-refractivity contribution is -0.121. The maximum Gasteiger partial charge on any atom is 0.220 e. The molecule has 0 aliphatic rings. The van der Waals surface area contributed by atoms with Crippen molar-refractivity contribution in [3.05, 3.63) is 51.5 Å². The van der Waals surface area contributed by atoms with E-state index in [0.29, 0.717) is 13.0 Å². The first-order chi connectivity index (χ1) is 9.65. The standard InChI is InChI=1S/C16H20N2OS/c1-12-13(2)20-16(18-12)10-11-17-15(19)9-8-14-6-4-3-5-7-14/h3-7H,8-11H2,1-2H3,(H,17,19). The Morgan fingerprint density at radius 2 is 1.95 bits per heavy atom. The summed E-state index contributed by atoms with van der Waals surface area (Å²) < 4.78 is 0. The van der Waals surface area contributed by atoms with E-state index in [4.69, 9.17) is 0 Å². The summed E-state index contributed by atoms with van der Waals surface area (Å²) in [5.74, 6) is 0.110. The van der Waals surface area contributed by atoms with E-state index >= 15 is 0 Å². The molecule has 0 radical (unpaired) electrons. The number of thiazole rings is 1. The van der Waals surface area contributed by atoms with Gasteiger partial charge in [0.25, 0.3) is 0 Å². The molecule has 1 heterocycles. The van der Waals surface area contributed by atoms with Crippen molar-refractivity contribution in [2.75, 3.05) is 6.54 Å². The number of aromatic nitrogens is 1. The van der Waals surface area contributed by atoms with Crippen molar-refractivity contribution in [2.45, 2.75) is 33.1 Å². The quantitative estimate of drug-likeness (QED) is 0.887. The van der Waals surface area contributed by atoms with Crippen molar-refractivity contribution in [3.8, 4) is 0 Å². The smallest absolute Gasteiger partial charge is 0.220 e. The summed E-state index contributed by atoms with van der Waals surface area (Å²) in [5.41, 5.74) is 2.30. The summed E-state index contributed by atoms with van der Waals surface area (Å²) in [4.78, 5) is 17.5. The Hall–Kier alpha value is -1.68. The van der Waals surface area contributed by atoms with Gasteiger partial charge in [0.15, 0.2) is 0 Å². The lowest BCUT2D eigenvalue weighted by Gasteiger charge is -2.04. The Balaban J connectivity index is 1.68. The van der Waals surface area contributed by atoms with Crippen LogP contribution in [0.3, 0.4) is 0 Å². The van der Waals surface area contributed by atoms with Crippen LogP contribution < -0.4 is 5.32 Å². The summed E-state index contributed by atoms with van der Waals surface area (Å²) in [5, 5.41) is 4.06. The second-order valence-electron chi connectivity index (χ2n) is 4.83. The molecule has 2 rings (SSSR count). The van der Waals surface area contributed by atoms with Crippen LogP contribution in [0.1, 0.15) is 27.6 Å². The van der Waals surface area contributed by atoms with Crippen LogP contribution in [0, 0.1) is 13.8 Å². The maximum absolute atomic E-state index is 11.8. The number of carbonyl (C=O) groups is 1. The number of nitrogens with zero attached hydrogens (tertiary/aromatic N) is 1. The van der Waals surface area contributed by atoms with Crippen LogP contribution in [0.25, 0.3) is 0 Å².